The van der Waals surface area contributed by atoms with E-state index in [0.29, 0.717) is 6.04 Å². The Morgan fingerprint density at radius 3 is 2.18 bits per heavy atom. The van der Waals surface area contributed by atoms with E-state index in [1.165, 1.54) is 5.56 Å². The Hall–Kier alpha value is -2.20. The van der Waals surface area contributed by atoms with Gasteiger partial charge in [0.15, 0.2) is 5.96 Å². The van der Waals surface area contributed by atoms with Crippen LogP contribution in [0.3, 0.4) is 0 Å². The highest BCUT2D eigenvalue weighted by Crippen LogP contribution is 2.30. The monoisotopic (exact) mass is 567 g/mol. The molecule has 0 aliphatic carbocycles. The topological polar surface area (TPSA) is 61.4 Å². The number of nitrogens with zero attached hydrogens (tertiary/aromatic N) is 3. The van der Waals surface area contributed by atoms with Gasteiger partial charge in [0, 0.05) is 56.6 Å². The van der Waals surface area contributed by atoms with E-state index in [-0.39, 0.29) is 30.0 Å². The van der Waals surface area contributed by atoms with Gasteiger partial charge in [-0.25, -0.2) is 0 Å². The first-order chi connectivity index (χ1) is 15.5. The van der Waals surface area contributed by atoms with E-state index >= 15 is 0 Å². The number of benzene rings is 2. The summed E-state index contributed by atoms with van der Waals surface area (Å²) in [4.78, 5) is 9.08. The van der Waals surface area contributed by atoms with Gasteiger partial charge in [0.1, 0.15) is 11.5 Å². The highest BCUT2D eigenvalue weighted by Gasteiger charge is 2.22. The number of piperidine rings is 1. The van der Waals surface area contributed by atoms with Crippen LogP contribution in [0.25, 0.3) is 0 Å². The van der Waals surface area contributed by atoms with Gasteiger partial charge in [-0.15, -0.1) is 24.0 Å². The molecular formula is C25H38IN5O2. The maximum Gasteiger partial charge on any atom is 0.191 e. The van der Waals surface area contributed by atoms with Crippen LogP contribution < -0.4 is 25.0 Å². The molecule has 1 saturated heterocycles. The molecule has 2 aromatic rings. The van der Waals surface area contributed by atoms with Gasteiger partial charge in [-0.1, -0.05) is 30.3 Å². The fourth-order valence-electron chi connectivity index (χ4n) is 4.11. The van der Waals surface area contributed by atoms with Crippen LogP contribution in [0.15, 0.2) is 53.5 Å². The molecule has 0 saturated carbocycles. The third-order valence-electron chi connectivity index (χ3n) is 6.03. The molecule has 2 N–H and O–H groups in total. The summed E-state index contributed by atoms with van der Waals surface area (Å²) < 4.78 is 10.8. The maximum atomic E-state index is 5.42. The molecular weight excluding hydrogens is 529 g/mol. The lowest BCUT2D eigenvalue weighted by Crippen LogP contribution is -2.50. The van der Waals surface area contributed by atoms with E-state index in [0.717, 1.165) is 55.6 Å². The molecule has 1 unspecified atom stereocenters. The molecule has 1 aliphatic heterocycles. The number of aliphatic imine (C=N–C) groups is 1. The summed E-state index contributed by atoms with van der Waals surface area (Å²) >= 11 is 0. The van der Waals surface area contributed by atoms with Crippen LogP contribution in [0.4, 0.5) is 5.69 Å². The molecule has 182 valence electrons. The first-order valence-corrected chi connectivity index (χ1v) is 11.2. The average molecular weight is 568 g/mol. The predicted octanol–water partition coefficient (Wildman–Crippen LogP) is 3.76. The quantitative estimate of drug-likeness (QED) is 0.288. The number of hydrogen-bond donors (Lipinski definition) is 2. The summed E-state index contributed by atoms with van der Waals surface area (Å²) in [6.45, 7) is 2.73. The summed E-state index contributed by atoms with van der Waals surface area (Å²) in [6, 6.07) is 17.3. The molecule has 0 amide bonds. The third kappa shape index (κ3) is 7.67. The smallest absolute Gasteiger partial charge is 0.191 e. The second-order valence-corrected chi connectivity index (χ2v) is 8.32. The molecule has 0 spiro atoms. The van der Waals surface area contributed by atoms with Crippen LogP contribution in [0.5, 0.6) is 11.5 Å². The molecule has 1 atom stereocenters. The van der Waals surface area contributed by atoms with Crippen LogP contribution in [-0.4, -0.2) is 71.9 Å². The molecule has 1 heterocycles. The SMILES string of the molecule is CN=C(NCC(c1ccccc1)N(C)C)NC1CCN(c2cc(OC)cc(OC)c2)CC1.I. The average Bonchev–Trinajstić information content (AvgIpc) is 2.83. The van der Waals surface area contributed by atoms with Crippen LogP contribution in [0, 0.1) is 0 Å². The zero-order valence-electron chi connectivity index (χ0n) is 20.4. The van der Waals surface area contributed by atoms with E-state index in [9.17, 15) is 0 Å². The zero-order chi connectivity index (χ0) is 22.9. The molecule has 0 bridgehead atoms. The molecule has 0 radical (unpaired) electrons. The first-order valence-electron chi connectivity index (χ1n) is 11.2. The molecule has 1 aliphatic rings. The Kier molecular flexibility index (Phi) is 11.1. The number of methoxy groups -OCH3 is 2. The number of likely N-dealkylation sites (N-methyl/N-ethyl adjacent to an activating group) is 1. The van der Waals surface area contributed by atoms with Crippen molar-refractivity contribution in [3.8, 4) is 11.5 Å². The molecule has 33 heavy (non-hydrogen) atoms. The van der Waals surface area contributed by atoms with Crippen molar-refractivity contribution in [3.05, 3.63) is 54.1 Å². The summed E-state index contributed by atoms with van der Waals surface area (Å²) in [5.74, 6) is 2.49. The van der Waals surface area contributed by atoms with Crippen molar-refractivity contribution in [2.45, 2.75) is 24.9 Å². The second-order valence-electron chi connectivity index (χ2n) is 8.32. The number of guanidine groups is 1. The van der Waals surface area contributed by atoms with E-state index < -0.39 is 0 Å². The Bertz CT molecular complexity index is 848. The van der Waals surface area contributed by atoms with Gasteiger partial charge in [0.2, 0.25) is 0 Å². The van der Waals surface area contributed by atoms with Crippen LogP contribution in [-0.2, 0) is 0 Å². The maximum absolute atomic E-state index is 5.42. The number of halogens is 1. The lowest BCUT2D eigenvalue weighted by molar-refractivity contribution is 0.297. The molecule has 1 fully saturated rings. The van der Waals surface area contributed by atoms with Gasteiger partial charge in [0.25, 0.3) is 0 Å². The molecule has 8 heteroatoms. The normalized spacial score (nSPS) is 15.6. The van der Waals surface area contributed by atoms with Gasteiger partial charge in [-0.2, -0.15) is 0 Å². The van der Waals surface area contributed by atoms with Crippen molar-refractivity contribution < 1.29 is 9.47 Å². The van der Waals surface area contributed by atoms with Crippen LogP contribution >= 0.6 is 24.0 Å². The minimum atomic E-state index is 0. The van der Waals surface area contributed by atoms with Crippen LogP contribution in [0.1, 0.15) is 24.4 Å². The van der Waals surface area contributed by atoms with Crippen molar-refractivity contribution >= 4 is 35.6 Å². The van der Waals surface area contributed by atoms with E-state index in [4.69, 9.17) is 9.47 Å². The van der Waals surface area contributed by atoms with Crippen molar-refractivity contribution in [2.75, 3.05) is 59.9 Å². The number of nitrogens with one attached hydrogen (secondary N) is 2. The Labute approximate surface area is 215 Å². The highest BCUT2D eigenvalue weighted by atomic mass is 127. The summed E-state index contributed by atoms with van der Waals surface area (Å²) in [6.07, 6.45) is 2.08. The summed E-state index contributed by atoms with van der Waals surface area (Å²) in [7, 11) is 9.43. The van der Waals surface area contributed by atoms with Gasteiger partial charge in [-0.3, -0.25) is 4.99 Å². The van der Waals surface area contributed by atoms with Gasteiger partial charge < -0.3 is 29.9 Å². The number of hydrogen-bond acceptors (Lipinski definition) is 5. The molecule has 0 aromatic heterocycles. The van der Waals surface area contributed by atoms with E-state index in [1.807, 2.05) is 13.1 Å². The van der Waals surface area contributed by atoms with Gasteiger partial charge in [-0.05, 0) is 32.5 Å². The van der Waals surface area contributed by atoms with Gasteiger partial charge in [0.05, 0.1) is 20.3 Å². The van der Waals surface area contributed by atoms with Gasteiger partial charge >= 0.3 is 0 Å². The minimum Gasteiger partial charge on any atom is -0.497 e. The molecule has 7 nitrogen and oxygen atoms in total. The fraction of sp³-hybridized carbons (Fsp3) is 0.480. The van der Waals surface area contributed by atoms with Crippen LogP contribution in [0.2, 0.25) is 0 Å². The highest BCUT2D eigenvalue weighted by molar-refractivity contribution is 14.0. The number of anilines is 1. The first kappa shape index (κ1) is 27.0. The third-order valence-corrected chi connectivity index (χ3v) is 6.03. The van der Waals surface area contributed by atoms with E-state index in [2.05, 4.69) is 82.0 Å². The standard InChI is InChI=1S/C25H37N5O2.HI/c1-26-25(27-18-24(29(2)3)19-9-7-6-8-10-19)28-20-11-13-30(14-12-20)21-15-22(31-4)17-23(16-21)32-5;/h6-10,15-17,20,24H,11-14,18H2,1-5H3,(H2,26,27,28);1H. The Morgan fingerprint density at radius 2 is 1.67 bits per heavy atom. The Morgan fingerprint density at radius 1 is 1.06 bits per heavy atom. The molecule has 3 rings (SSSR count). The number of ether oxygens (including phenoxy) is 2. The largest absolute Gasteiger partial charge is 0.497 e. The second kappa shape index (κ2) is 13.5. The van der Waals surface area contributed by atoms with Crippen molar-refractivity contribution in [1.82, 2.24) is 15.5 Å². The minimum absolute atomic E-state index is 0. The summed E-state index contributed by atoms with van der Waals surface area (Å²) in [5, 5.41) is 7.13. The van der Waals surface area contributed by atoms with Crippen molar-refractivity contribution in [2.24, 2.45) is 4.99 Å². The summed E-state index contributed by atoms with van der Waals surface area (Å²) in [5.41, 5.74) is 2.43. The number of rotatable bonds is 8. The lowest BCUT2D eigenvalue weighted by atomic mass is 10.0. The fourth-order valence-corrected chi connectivity index (χ4v) is 4.11. The zero-order valence-corrected chi connectivity index (χ0v) is 22.7. The Balaban J connectivity index is 0.00000385. The molecule has 2 aromatic carbocycles. The lowest BCUT2D eigenvalue weighted by Gasteiger charge is -2.35. The van der Waals surface area contributed by atoms with E-state index in [1.54, 1.807) is 14.2 Å². The van der Waals surface area contributed by atoms with Crippen molar-refractivity contribution in [3.63, 3.8) is 0 Å². The predicted molar refractivity (Wildman–Crippen MR) is 148 cm³/mol. The van der Waals surface area contributed by atoms with Crippen molar-refractivity contribution in [1.29, 1.82) is 0 Å².